The van der Waals surface area contributed by atoms with E-state index in [9.17, 15) is 14.4 Å². The van der Waals surface area contributed by atoms with Gasteiger partial charge in [-0.2, -0.15) is 0 Å². The number of aryl methyl sites for hydroxylation is 1. The van der Waals surface area contributed by atoms with Crippen LogP contribution in [0.15, 0.2) is 42.5 Å². The molecule has 0 aliphatic heterocycles. The first-order valence-corrected chi connectivity index (χ1v) is 8.15. The Morgan fingerprint density at radius 2 is 1.81 bits per heavy atom. The molecule has 0 bridgehead atoms. The number of Topliss-reactive ketones (excluding diaryl/α,β-unsaturated/α-hetero) is 1. The number of hydrogen-bond acceptors (Lipinski definition) is 4. The maximum Gasteiger partial charge on any atom is 0.244 e. The molecule has 6 nitrogen and oxygen atoms in total. The standard InChI is InChI=1S/C20H22N2O4/c1-13-8-9-19(26-4)18(10-13)21-20(25)12-22(15(3)24)17-7-5-6-16(11-17)14(2)23/h5-11H,12H2,1-4H3,(H,21,25). The van der Waals surface area contributed by atoms with Crippen LogP contribution in [0.3, 0.4) is 0 Å². The first-order chi connectivity index (χ1) is 12.3. The molecule has 0 atom stereocenters. The molecule has 0 heterocycles. The number of nitrogens with one attached hydrogen (secondary N) is 1. The maximum absolute atomic E-state index is 12.5. The van der Waals surface area contributed by atoms with Crippen molar-refractivity contribution in [1.82, 2.24) is 0 Å². The number of rotatable bonds is 6. The van der Waals surface area contributed by atoms with E-state index >= 15 is 0 Å². The summed E-state index contributed by atoms with van der Waals surface area (Å²) in [7, 11) is 1.52. The molecule has 0 aliphatic carbocycles. The highest BCUT2D eigenvalue weighted by atomic mass is 16.5. The van der Waals surface area contributed by atoms with Crippen molar-refractivity contribution in [3.05, 3.63) is 53.6 Å². The van der Waals surface area contributed by atoms with E-state index < -0.39 is 0 Å². The molecule has 0 saturated heterocycles. The van der Waals surface area contributed by atoms with Crippen molar-refractivity contribution >= 4 is 29.0 Å². The first-order valence-electron chi connectivity index (χ1n) is 8.15. The fourth-order valence-electron chi connectivity index (χ4n) is 2.53. The van der Waals surface area contributed by atoms with Gasteiger partial charge < -0.3 is 15.0 Å². The minimum absolute atomic E-state index is 0.107. The van der Waals surface area contributed by atoms with Crippen LogP contribution in [0.4, 0.5) is 11.4 Å². The monoisotopic (exact) mass is 354 g/mol. The van der Waals surface area contributed by atoms with Crippen LogP contribution in [0, 0.1) is 6.92 Å². The van der Waals surface area contributed by atoms with E-state index in [1.54, 1.807) is 36.4 Å². The summed E-state index contributed by atoms with van der Waals surface area (Å²) < 4.78 is 5.25. The minimum atomic E-state index is -0.364. The average Bonchev–Trinajstić information content (AvgIpc) is 2.59. The fourth-order valence-corrected chi connectivity index (χ4v) is 2.53. The van der Waals surface area contributed by atoms with Crippen LogP contribution >= 0.6 is 0 Å². The predicted octanol–water partition coefficient (Wildman–Crippen LogP) is 3.20. The number of nitrogens with zero attached hydrogens (tertiary/aromatic N) is 1. The Hall–Kier alpha value is -3.15. The van der Waals surface area contributed by atoms with Crippen LogP contribution in [0.1, 0.15) is 29.8 Å². The lowest BCUT2D eigenvalue weighted by Gasteiger charge is -2.21. The topological polar surface area (TPSA) is 75.7 Å². The van der Waals surface area contributed by atoms with Gasteiger partial charge in [-0.05, 0) is 43.7 Å². The highest BCUT2D eigenvalue weighted by Gasteiger charge is 2.18. The van der Waals surface area contributed by atoms with Crippen LogP contribution < -0.4 is 15.0 Å². The average molecular weight is 354 g/mol. The zero-order chi connectivity index (χ0) is 19.3. The molecule has 1 N–H and O–H groups in total. The lowest BCUT2D eigenvalue weighted by atomic mass is 10.1. The van der Waals surface area contributed by atoms with Crippen LogP contribution in [0.2, 0.25) is 0 Å². The normalized spacial score (nSPS) is 10.2. The molecule has 0 aliphatic rings. The van der Waals surface area contributed by atoms with Gasteiger partial charge in [0.05, 0.1) is 12.8 Å². The van der Waals surface area contributed by atoms with Gasteiger partial charge in [-0.15, -0.1) is 0 Å². The molecule has 0 spiro atoms. The molecule has 0 radical (unpaired) electrons. The number of hydrogen-bond donors (Lipinski definition) is 1. The minimum Gasteiger partial charge on any atom is -0.495 e. The number of amides is 2. The lowest BCUT2D eigenvalue weighted by molar-refractivity contribution is -0.120. The van der Waals surface area contributed by atoms with Crippen LogP contribution in [-0.2, 0) is 9.59 Å². The van der Waals surface area contributed by atoms with E-state index in [1.165, 1.54) is 25.9 Å². The molecule has 2 amide bonds. The van der Waals surface area contributed by atoms with Gasteiger partial charge in [0.1, 0.15) is 12.3 Å². The van der Waals surface area contributed by atoms with Gasteiger partial charge in [0.25, 0.3) is 0 Å². The molecule has 6 heteroatoms. The second-order valence-electron chi connectivity index (χ2n) is 5.96. The highest BCUT2D eigenvalue weighted by Crippen LogP contribution is 2.25. The lowest BCUT2D eigenvalue weighted by Crippen LogP contribution is -2.36. The third-order valence-corrected chi connectivity index (χ3v) is 3.88. The summed E-state index contributed by atoms with van der Waals surface area (Å²) in [5.74, 6) is -0.226. The SMILES string of the molecule is COc1ccc(C)cc1NC(=O)CN(C(C)=O)c1cccc(C(C)=O)c1. The summed E-state index contributed by atoms with van der Waals surface area (Å²) in [5, 5.41) is 2.77. The zero-order valence-corrected chi connectivity index (χ0v) is 15.3. The van der Waals surface area contributed by atoms with E-state index in [0.717, 1.165) is 5.56 Å². The Morgan fingerprint density at radius 3 is 2.42 bits per heavy atom. The summed E-state index contributed by atoms with van der Waals surface area (Å²) >= 11 is 0. The number of methoxy groups -OCH3 is 1. The van der Waals surface area contributed by atoms with Crippen molar-refractivity contribution in [3.63, 3.8) is 0 Å². The first kappa shape index (κ1) is 19.2. The molecule has 2 aromatic rings. The maximum atomic E-state index is 12.5. The van der Waals surface area contributed by atoms with Crippen molar-refractivity contribution in [2.24, 2.45) is 0 Å². The molecular formula is C20H22N2O4. The number of ketones is 1. The van der Waals surface area contributed by atoms with Crippen molar-refractivity contribution in [2.45, 2.75) is 20.8 Å². The number of benzene rings is 2. The summed E-state index contributed by atoms with van der Waals surface area (Å²) in [4.78, 5) is 37.4. The van der Waals surface area contributed by atoms with Crippen molar-refractivity contribution in [1.29, 1.82) is 0 Å². The zero-order valence-electron chi connectivity index (χ0n) is 15.3. The molecule has 0 aromatic heterocycles. The Labute approximate surface area is 152 Å². The number of anilines is 2. The molecular weight excluding hydrogens is 332 g/mol. The highest BCUT2D eigenvalue weighted by molar-refractivity contribution is 6.03. The second-order valence-corrected chi connectivity index (χ2v) is 5.96. The van der Waals surface area contributed by atoms with E-state index in [-0.39, 0.29) is 24.1 Å². The van der Waals surface area contributed by atoms with E-state index in [4.69, 9.17) is 4.74 Å². The molecule has 0 unspecified atom stereocenters. The van der Waals surface area contributed by atoms with E-state index in [0.29, 0.717) is 22.7 Å². The van der Waals surface area contributed by atoms with Gasteiger partial charge in [-0.3, -0.25) is 14.4 Å². The second kappa shape index (κ2) is 8.29. The number of ether oxygens (including phenoxy) is 1. The summed E-state index contributed by atoms with van der Waals surface area (Å²) in [6.07, 6.45) is 0. The van der Waals surface area contributed by atoms with Gasteiger partial charge in [0.15, 0.2) is 5.78 Å². The molecule has 2 aromatic carbocycles. The van der Waals surface area contributed by atoms with Crippen molar-refractivity contribution in [2.75, 3.05) is 23.9 Å². The van der Waals surface area contributed by atoms with Gasteiger partial charge in [-0.25, -0.2) is 0 Å². The van der Waals surface area contributed by atoms with Gasteiger partial charge in [0.2, 0.25) is 11.8 Å². The summed E-state index contributed by atoms with van der Waals surface area (Å²) in [5.41, 5.74) is 2.49. The smallest absolute Gasteiger partial charge is 0.244 e. The van der Waals surface area contributed by atoms with Crippen molar-refractivity contribution < 1.29 is 19.1 Å². The summed E-state index contributed by atoms with van der Waals surface area (Å²) in [6, 6.07) is 12.1. The third-order valence-electron chi connectivity index (χ3n) is 3.88. The molecule has 0 fully saturated rings. The number of carbonyl (C=O) groups is 3. The Balaban J connectivity index is 2.22. The van der Waals surface area contributed by atoms with E-state index in [2.05, 4.69) is 5.32 Å². The third kappa shape index (κ3) is 4.69. The van der Waals surface area contributed by atoms with Crippen LogP contribution in [-0.4, -0.2) is 31.3 Å². The molecule has 0 saturated carbocycles. The summed E-state index contributed by atoms with van der Waals surface area (Å²) in [6.45, 7) is 4.56. The van der Waals surface area contributed by atoms with Crippen LogP contribution in [0.5, 0.6) is 5.75 Å². The molecule has 136 valence electrons. The van der Waals surface area contributed by atoms with Gasteiger partial charge >= 0.3 is 0 Å². The largest absolute Gasteiger partial charge is 0.495 e. The van der Waals surface area contributed by atoms with Crippen LogP contribution in [0.25, 0.3) is 0 Å². The fraction of sp³-hybridized carbons (Fsp3) is 0.250. The van der Waals surface area contributed by atoms with Gasteiger partial charge in [-0.1, -0.05) is 18.2 Å². The Bertz CT molecular complexity index is 845. The van der Waals surface area contributed by atoms with Gasteiger partial charge in [0, 0.05) is 18.2 Å². The Morgan fingerprint density at radius 1 is 1.08 bits per heavy atom. The predicted molar refractivity (Wildman–Crippen MR) is 101 cm³/mol. The Kier molecular flexibility index (Phi) is 6.11. The van der Waals surface area contributed by atoms with E-state index in [1.807, 2.05) is 13.0 Å². The molecule has 2 rings (SSSR count). The quantitative estimate of drug-likeness (QED) is 0.808. The van der Waals surface area contributed by atoms with Crippen molar-refractivity contribution in [3.8, 4) is 5.75 Å². The number of carbonyl (C=O) groups excluding carboxylic acids is 3. The molecule has 26 heavy (non-hydrogen) atoms.